The predicted molar refractivity (Wildman–Crippen MR) is 224 cm³/mol. The molecule has 55 heavy (non-hydrogen) atoms. The van der Waals surface area contributed by atoms with Crippen molar-refractivity contribution < 1.29 is 0 Å². The molecular formula is C51H31N3S. The molecule has 1 aliphatic heterocycles. The molecule has 2 aliphatic rings. The molecular weight excluding hydrogens is 687 g/mol. The van der Waals surface area contributed by atoms with E-state index in [0.29, 0.717) is 5.56 Å². The van der Waals surface area contributed by atoms with Gasteiger partial charge in [-0.15, -0.1) is 0 Å². The van der Waals surface area contributed by atoms with E-state index in [1.807, 2.05) is 12.1 Å². The molecule has 8 aromatic carbocycles. The molecule has 1 aromatic heterocycles. The maximum absolute atomic E-state index is 10.3. The van der Waals surface area contributed by atoms with Crippen LogP contribution in [0.5, 0.6) is 0 Å². The molecule has 0 bridgehead atoms. The highest BCUT2D eigenvalue weighted by Crippen LogP contribution is 2.62. The van der Waals surface area contributed by atoms with Crippen molar-refractivity contribution in [2.75, 3.05) is 0 Å². The lowest BCUT2D eigenvalue weighted by Crippen LogP contribution is -2.32. The van der Waals surface area contributed by atoms with E-state index in [-0.39, 0.29) is 0 Å². The lowest BCUT2D eigenvalue weighted by atomic mass is 9.66. The Hall–Kier alpha value is -6.93. The second-order valence-corrected chi connectivity index (χ2v) is 15.2. The molecule has 0 fully saturated rings. The second kappa shape index (κ2) is 12.3. The van der Waals surface area contributed by atoms with Gasteiger partial charge in [0.15, 0.2) is 0 Å². The summed E-state index contributed by atoms with van der Waals surface area (Å²) in [6.07, 6.45) is 0. The minimum Gasteiger partial charge on any atom is -0.292 e. The minimum absolute atomic E-state index is 0.553. The minimum atomic E-state index is -0.553. The first-order valence-corrected chi connectivity index (χ1v) is 19.3. The summed E-state index contributed by atoms with van der Waals surface area (Å²) in [5.41, 5.74) is 16.4. The summed E-state index contributed by atoms with van der Waals surface area (Å²) >= 11 is 1.72. The monoisotopic (exact) mass is 717 g/mol. The average molecular weight is 718 g/mol. The normalized spacial score (nSPS) is 13.1. The van der Waals surface area contributed by atoms with Gasteiger partial charge < -0.3 is 0 Å². The maximum Gasteiger partial charge on any atom is 0.146 e. The fourth-order valence-corrected chi connectivity index (χ4v) is 10.2. The predicted octanol–water partition coefficient (Wildman–Crippen LogP) is 12.7. The summed E-state index contributed by atoms with van der Waals surface area (Å²) in [6, 6.07) is 69.6. The molecule has 2 heterocycles. The molecule has 0 amide bonds. The van der Waals surface area contributed by atoms with E-state index in [1.165, 1.54) is 38.3 Å². The summed E-state index contributed by atoms with van der Waals surface area (Å²) < 4.78 is 2.29. The van der Waals surface area contributed by atoms with Crippen molar-refractivity contribution >= 4 is 22.8 Å². The smallest absolute Gasteiger partial charge is 0.146 e. The van der Waals surface area contributed by atoms with Gasteiger partial charge in [0.05, 0.1) is 22.0 Å². The van der Waals surface area contributed by atoms with Crippen LogP contribution in [0.2, 0.25) is 0 Å². The standard InChI is InChI=1S/C51H31N3S/c52-32-36-15-12-22-44-49(36)55-48-30-27-35(31-45(48)51(44)42-20-8-6-17-39(42)40-18-7-9-21-43(40)51)33-25-28-37(29-26-33)54-47-24-11-10-23-46(47)53-50(54)41-19-5-4-16-38(41)34-13-2-1-3-14-34/h1-31H. The molecule has 256 valence electrons. The van der Waals surface area contributed by atoms with Gasteiger partial charge in [-0.3, -0.25) is 4.57 Å². The number of nitriles is 1. The Morgan fingerprint density at radius 3 is 1.85 bits per heavy atom. The van der Waals surface area contributed by atoms with Crippen LogP contribution in [0.3, 0.4) is 0 Å². The fraction of sp³-hybridized carbons (Fsp3) is 0.0196. The van der Waals surface area contributed by atoms with E-state index in [0.717, 1.165) is 55.3 Å². The second-order valence-electron chi connectivity index (χ2n) is 14.2. The number of aromatic nitrogens is 2. The van der Waals surface area contributed by atoms with Gasteiger partial charge in [-0.05, 0) is 98.1 Å². The van der Waals surface area contributed by atoms with Crippen molar-refractivity contribution in [3.63, 3.8) is 0 Å². The van der Waals surface area contributed by atoms with Crippen LogP contribution in [0.4, 0.5) is 0 Å². The third-order valence-corrected chi connectivity index (χ3v) is 12.6. The number of fused-ring (bicyclic) bond motifs is 10. The van der Waals surface area contributed by atoms with Gasteiger partial charge in [-0.1, -0.05) is 157 Å². The van der Waals surface area contributed by atoms with Crippen LogP contribution in [-0.4, -0.2) is 9.55 Å². The maximum atomic E-state index is 10.3. The Balaban J connectivity index is 1.08. The molecule has 0 saturated carbocycles. The van der Waals surface area contributed by atoms with Gasteiger partial charge in [-0.2, -0.15) is 5.26 Å². The molecule has 4 heteroatoms. The van der Waals surface area contributed by atoms with Crippen LogP contribution < -0.4 is 0 Å². The summed E-state index contributed by atoms with van der Waals surface area (Å²) in [4.78, 5) is 7.44. The number of hydrogen-bond donors (Lipinski definition) is 0. The van der Waals surface area contributed by atoms with Crippen molar-refractivity contribution in [2.24, 2.45) is 0 Å². The third kappa shape index (κ3) is 4.61. The van der Waals surface area contributed by atoms with E-state index in [1.54, 1.807) is 11.8 Å². The van der Waals surface area contributed by atoms with Crippen LogP contribution in [-0.2, 0) is 5.41 Å². The lowest BCUT2D eigenvalue weighted by Gasteiger charge is -2.40. The zero-order chi connectivity index (χ0) is 36.5. The number of nitrogens with zero attached hydrogens (tertiary/aromatic N) is 3. The van der Waals surface area contributed by atoms with Crippen molar-refractivity contribution in [1.82, 2.24) is 9.55 Å². The molecule has 0 N–H and O–H groups in total. The molecule has 0 unspecified atom stereocenters. The Morgan fingerprint density at radius 2 is 1.11 bits per heavy atom. The van der Waals surface area contributed by atoms with Crippen molar-refractivity contribution in [3.05, 3.63) is 216 Å². The Bertz CT molecular complexity index is 2980. The lowest BCUT2D eigenvalue weighted by molar-refractivity contribution is 0.721. The van der Waals surface area contributed by atoms with Gasteiger partial charge in [0.2, 0.25) is 0 Å². The van der Waals surface area contributed by atoms with E-state index >= 15 is 0 Å². The van der Waals surface area contributed by atoms with Crippen molar-refractivity contribution in [2.45, 2.75) is 15.2 Å². The van der Waals surface area contributed by atoms with E-state index in [2.05, 4.69) is 187 Å². The first-order valence-electron chi connectivity index (χ1n) is 18.5. The molecule has 3 nitrogen and oxygen atoms in total. The highest BCUT2D eigenvalue weighted by Gasteiger charge is 2.50. The van der Waals surface area contributed by atoms with Gasteiger partial charge in [-0.25, -0.2) is 4.98 Å². The first-order chi connectivity index (χ1) is 27.2. The summed E-state index contributed by atoms with van der Waals surface area (Å²) in [5, 5.41) is 10.3. The molecule has 1 aliphatic carbocycles. The topological polar surface area (TPSA) is 41.6 Å². The summed E-state index contributed by atoms with van der Waals surface area (Å²) in [6.45, 7) is 0. The number of para-hydroxylation sites is 2. The number of imidazole rings is 1. The highest BCUT2D eigenvalue weighted by molar-refractivity contribution is 7.99. The zero-order valence-corrected chi connectivity index (χ0v) is 30.5. The van der Waals surface area contributed by atoms with Gasteiger partial charge in [0, 0.05) is 21.0 Å². The number of benzene rings is 8. The van der Waals surface area contributed by atoms with Crippen LogP contribution in [0.15, 0.2) is 198 Å². The average Bonchev–Trinajstić information content (AvgIpc) is 3.79. The molecule has 0 radical (unpaired) electrons. The van der Waals surface area contributed by atoms with Crippen LogP contribution in [0.25, 0.3) is 61.5 Å². The van der Waals surface area contributed by atoms with Crippen LogP contribution >= 0.6 is 11.8 Å². The quantitative estimate of drug-likeness (QED) is 0.182. The third-order valence-electron chi connectivity index (χ3n) is 11.4. The summed E-state index contributed by atoms with van der Waals surface area (Å²) in [7, 11) is 0. The SMILES string of the molecule is N#Cc1cccc2c1Sc1ccc(-c3ccc(-n4c(-c5ccccc5-c5ccccc5)nc5ccccc54)cc3)cc1C21c2ccccc2-c2ccccc21. The summed E-state index contributed by atoms with van der Waals surface area (Å²) in [5.74, 6) is 0.912. The van der Waals surface area contributed by atoms with Crippen LogP contribution in [0, 0.1) is 11.3 Å². The van der Waals surface area contributed by atoms with E-state index in [9.17, 15) is 5.26 Å². The molecule has 9 aromatic rings. The van der Waals surface area contributed by atoms with Crippen molar-refractivity contribution in [1.29, 1.82) is 5.26 Å². The largest absolute Gasteiger partial charge is 0.292 e. The molecule has 0 saturated heterocycles. The Kier molecular flexibility index (Phi) is 7.07. The van der Waals surface area contributed by atoms with E-state index in [4.69, 9.17) is 4.98 Å². The van der Waals surface area contributed by atoms with Gasteiger partial charge in [0.1, 0.15) is 11.9 Å². The number of hydrogen-bond acceptors (Lipinski definition) is 3. The molecule has 11 rings (SSSR count). The molecule has 0 atom stereocenters. The van der Waals surface area contributed by atoms with Crippen molar-refractivity contribution in [3.8, 4) is 56.5 Å². The Morgan fingerprint density at radius 1 is 0.491 bits per heavy atom. The highest BCUT2D eigenvalue weighted by atomic mass is 32.2. The zero-order valence-electron chi connectivity index (χ0n) is 29.6. The van der Waals surface area contributed by atoms with Crippen LogP contribution in [0.1, 0.15) is 27.8 Å². The number of rotatable bonds is 4. The Labute approximate surface area is 323 Å². The van der Waals surface area contributed by atoms with Gasteiger partial charge >= 0.3 is 0 Å². The first kappa shape index (κ1) is 31.6. The fourth-order valence-electron chi connectivity index (χ4n) is 9.01. The molecule has 1 spiro atoms. The van der Waals surface area contributed by atoms with E-state index < -0.39 is 5.41 Å². The van der Waals surface area contributed by atoms with Gasteiger partial charge in [0.25, 0.3) is 0 Å².